The predicted octanol–water partition coefficient (Wildman–Crippen LogP) is 10.2. The molecule has 0 saturated heterocycles. The van der Waals surface area contributed by atoms with Crippen LogP contribution in [0.25, 0.3) is 0 Å². The molecule has 2 nitrogen and oxygen atoms in total. The predicted molar refractivity (Wildman–Crippen MR) is 149 cm³/mol. The molecule has 0 N–H and O–H groups in total. The molecule has 0 aromatic heterocycles. The summed E-state index contributed by atoms with van der Waals surface area (Å²) >= 11 is 0. The van der Waals surface area contributed by atoms with Crippen molar-refractivity contribution in [3.63, 3.8) is 0 Å². The number of nitriles is 1. The summed E-state index contributed by atoms with van der Waals surface area (Å²) in [6, 6.07) is 11.8. The first-order valence-electron chi connectivity index (χ1n) is 15.3. The molecule has 1 unspecified atom stereocenters. The molecule has 1 aromatic rings. The first-order chi connectivity index (χ1) is 17.1. The van der Waals surface area contributed by atoms with Gasteiger partial charge in [-0.1, -0.05) is 84.3 Å². The lowest BCUT2D eigenvalue weighted by Crippen LogP contribution is -2.37. The van der Waals surface area contributed by atoms with E-state index in [0.717, 1.165) is 43.5 Å². The van der Waals surface area contributed by atoms with Gasteiger partial charge in [-0.2, -0.15) is 5.26 Å². The molecule has 0 amide bonds. The molecule has 35 heavy (non-hydrogen) atoms. The van der Waals surface area contributed by atoms with E-state index in [-0.39, 0.29) is 5.41 Å². The van der Waals surface area contributed by atoms with E-state index in [1.807, 2.05) is 0 Å². The highest BCUT2D eigenvalue weighted by atomic mass is 16.5. The first kappa shape index (κ1) is 28.1. The van der Waals surface area contributed by atoms with Crippen molar-refractivity contribution in [3.8, 4) is 11.8 Å². The van der Waals surface area contributed by atoms with Crippen LogP contribution >= 0.6 is 0 Å². The molecule has 196 valence electrons. The maximum atomic E-state index is 10.2. The van der Waals surface area contributed by atoms with E-state index < -0.39 is 0 Å². The summed E-state index contributed by atoms with van der Waals surface area (Å²) in [4.78, 5) is 0. The van der Waals surface area contributed by atoms with Crippen LogP contribution in [-0.4, -0.2) is 6.61 Å². The average molecular weight is 480 g/mol. The highest BCUT2D eigenvalue weighted by Gasteiger charge is 2.43. The number of benzene rings is 1. The van der Waals surface area contributed by atoms with Crippen LogP contribution in [-0.2, 0) is 0 Å². The van der Waals surface area contributed by atoms with Gasteiger partial charge in [-0.05, 0) is 99.2 Å². The lowest BCUT2D eigenvalue weighted by Gasteiger charge is -2.44. The van der Waals surface area contributed by atoms with E-state index in [9.17, 15) is 5.26 Å². The highest BCUT2D eigenvalue weighted by Crippen LogP contribution is 2.51. The minimum absolute atomic E-state index is 0.0603. The van der Waals surface area contributed by atoms with E-state index in [1.54, 1.807) is 0 Å². The summed E-state index contributed by atoms with van der Waals surface area (Å²) in [5.74, 6) is 3.83. The highest BCUT2D eigenvalue weighted by molar-refractivity contribution is 5.29. The van der Waals surface area contributed by atoms with Crippen LogP contribution in [0, 0.1) is 34.5 Å². The van der Waals surface area contributed by atoms with E-state index >= 15 is 0 Å². The molecule has 3 rings (SSSR count). The van der Waals surface area contributed by atoms with Crippen molar-refractivity contribution < 1.29 is 4.74 Å². The van der Waals surface area contributed by atoms with Crippen LogP contribution < -0.4 is 4.74 Å². The maximum absolute atomic E-state index is 10.2. The summed E-state index contributed by atoms with van der Waals surface area (Å²) in [5, 5.41) is 10.2. The third-order valence-electron chi connectivity index (χ3n) is 9.65. The van der Waals surface area contributed by atoms with Gasteiger partial charge in [0.1, 0.15) is 5.75 Å². The van der Waals surface area contributed by atoms with Crippen molar-refractivity contribution in [2.45, 2.75) is 136 Å². The molecule has 1 aromatic carbocycles. The van der Waals surface area contributed by atoms with Crippen molar-refractivity contribution in [1.82, 2.24) is 0 Å². The third-order valence-corrected chi connectivity index (χ3v) is 9.65. The van der Waals surface area contributed by atoms with Crippen molar-refractivity contribution in [3.05, 3.63) is 29.8 Å². The monoisotopic (exact) mass is 479 g/mol. The Hall–Kier alpha value is -1.49. The zero-order valence-electron chi connectivity index (χ0n) is 23.2. The number of hydrogen-bond acceptors (Lipinski definition) is 2. The number of ether oxygens (including phenoxy) is 1. The van der Waals surface area contributed by atoms with Crippen molar-refractivity contribution in [1.29, 1.82) is 5.26 Å². The van der Waals surface area contributed by atoms with E-state index in [4.69, 9.17) is 4.74 Å². The van der Waals surface area contributed by atoms with Crippen LogP contribution in [0.15, 0.2) is 24.3 Å². The average Bonchev–Trinajstić information content (AvgIpc) is 2.92. The van der Waals surface area contributed by atoms with Crippen LogP contribution in [0.4, 0.5) is 0 Å². The summed E-state index contributed by atoms with van der Waals surface area (Å²) in [6.07, 6.45) is 21.8. The van der Waals surface area contributed by atoms with Gasteiger partial charge < -0.3 is 4.74 Å². The molecule has 0 spiro atoms. The SMILES string of the molecule is CCCCCCCCOc1ccc(C2CCC(C(C)C3(C#N)CCC(CCCC)CC3)CC2)cc1. The second-order valence-electron chi connectivity index (χ2n) is 11.9. The second-order valence-corrected chi connectivity index (χ2v) is 11.9. The fraction of sp³-hybridized carbons (Fsp3) is 0.788. The van der Waals surface area contributed by atoms with Gasteiger partial charge in [0.05, 0.1) is 18.1 Å². The van der Waals surface area contributed by atoms with Gasteiger partial charge >= 0.3 is 0 Å². The van der Waals surface area contributed by atoms with E-state index in [2.05, 4.69) is 51.1 Å². The standard InChI is InChI=1S/C33H53NO/c1-4-6-8-9-10-11-25-35-32-19-17-31(18-20-32)30-15-13-29(14-16-30)27(3)33(26-34)23-21-28(22-24-33)12-7-5-2/h17-20,27-30H,4-16,21-25H2,1-3H3. The van der Waals surface area contributed by atoms with Gasteiger partial charge in [0.25, 0.3) is 0 Å². The number of nitrogens with zero attached hydrogens (tertiary/aromatic N) is 1. The summed E-state index contributed by atoms with van der Waals surface area (Å²) in [7, 11) is 0. The molecule has 0 heterocycles. The van der Waals surface area contributed by atoms with Gasteiger partial charge in [0.2, 0.25) is 0 Å². The smallest absolute Gasteiger partial charge is 0.119 e. The molecule has 2 aliphatic carbocycles. The molecule has 0 bridgehead atoms. The molecule has 0 radical (unpaired) electrons. The molecular formula is C33H53NO. The van der Waals surface area contributed by atoms with Crippen molar-refractivity contribution >= 4 is 0 Å². The van der Waals surface area contributed by atoms with Crippen LogP contribution in [0.3, 0.4) is 0 Å². The van der Waals surface area contributed by atoms with E-state index in [0.29, 0.717) is 11.8 Å². The van der Waals surface area contributed by atoms with E-state index in [1.165, 1.54) is 95.5 Å². The number of unbranched alkanes of at least 4 members (excludes halogenated alkanes) is 6. The molecule has 0 aliphatic heterocycles. The second kappa shape index (κ2) is 14.9. The third kappa shape index (κ3) is 8.27. The van der Waals surface area contributed by atoms with Crippen LogP contribution in [0.1, 0.15) is 141 Å². The van der Waals surface area contributed by atoms with Gasteiger partial charge in [-0.3, -0.25) is 0 Å². The Labute approximate surface area is 217 Å². The van der Waals surface area contributed by atoms with Crippen LogP contribution in [0.2, 0.25) is 0 Å². The largest absolute Gasteiger partial charge is 0.494 e. The molecule has 2 fully saturated rings. The van der Waals surface area contributed by atoms with Crippen molar-refractivity contribution in [2.75, 3.05) is 6.61 Å². The van der Waals surface area contributed by atoms with Gasteiger partial charge in [0, 0.05) is 0 Å². The normalized spacial score (nSPS) is 27.8. The first-order valence-corrected chi connectivity index (χ1v) is 15.3. The Balaban J connectivity index is 1.41. The molecular weight excluding hydrogens is 426 g/mol. The fourth-order valence-electron chi connectivity index (χ4n) is 6.96. The van der Waals surface area contributed by atoms with Crippen molar-refractivity contribution in [2.24, 2.45) is 23.2 Å². The number of rotatable bonds is 14. The summed E-state index contributed by atoms with van der Waals surface area (Å²) in [5.41, 5.74) is 1.42. The molecule has 2 aliphatic rings. The van der Waals surface area contributed by atoms with Gasteiger partial charge in [-0.15, -0.1) is 0 Å². The molecule has 1 atom stereocenters. The lowest BCUT2D eigenvalue weighted by atomic mass is 9.59. The molecule has 2 heteroatoms. The molecule has 2 saturated carbocycles. The Kier molecular flexibility index (Phi) is 12.0. The maximum Gasteiger partial charge on any atom is 0.119 e. The zero-order valence-corrected chi connectivity index (χ0v) is 23.2. The minimum Gasteiger partial charge on any atom is -0.494 e. The van der Waals surface area contributed by atoms with Gasteiger partial charge in [0.15, 0.2) is 0 Å². The lowest BCUT2D eigenvalue weighted by molar-refractivity contribution is 0.0777. The summed E-state index contributed by atoms with van der Waals surface area (Å²) in [6.45, 7) is 7.81. The fourth-order valence-corrected chi connectivity index (χ4v) is 6.96. The summed E-state index contributed by atoms with van der Waals surface area (Å²) < 4.78 is 5.99. The van der Waals surface area contributed by atoms with Gasteiger partial charge in [-0.25, -0.2) is 0 Å². The topological polar surface area (TPSA) is 33.0 Å². The Bertz CT molecular complexity index is 731. The quantitative estimate of drug-likeness (QED) is 0.249. The zero-order chi connectivity index (χ0) is 24.9. The Morgan fingerprint density at radius 3 is 2.11 bits per heavy atom. The number of hydrogen-bond donors (Lipinski definition) is 0. The minimum atomic E-state index is -0.0603. The van der Waals surface area contributed by atoms with Crippen LogP contribution in [0.5, 0.6) is 5.75 Å². The Morgan fingerprint density at radius 1 is 0.857 bits per heavy atom. The Morgan fingerprint density at radius 2 is 1.49 bits per heavy atom.